The first-order valence-corrected chi connectivity index (χ1v) is 10.4. The lowest BCUT2D eigenvalue weighted by atomic mass is 9.88. The number of hydrogen-bond acceptors (Lipinski definition) is 4. The average molecular weight is 383 g/mol. The van der Waals surface area contributed by atoms with Crippen LogP contribution in [0.2, 0.25) is 0 Å². The lowest BCUT2D eigenvalue weighted by molar-refractivity contribution is -0.137. The molecule has 0 radical (unpaired) electrons. The number of carbonyl (C=O) groups is 1. The highest BCUT2D eigenvalue weighted by atomic mass is 16.4. The summed E-state index contributed by atoms with van der Waals surface area (Å²) in [6.45, 7) is 6.14. The van der Waals surface area contributed by atoms with Crippen molar-refractivity contribution in [1.29, 1.82) is 0 Å². The fourth-order valence-corrected chi connectivity index (χ4v) is 3.75. The van der Waals surface area contributed by atoms with Crippen LogP contribution in [0.3, 0.4) is 0 Å². The van der Waals surface area contributed by atoms with Crippen molar-refractivity contribution < 1.29 is 25.2 Å². The molecule has 1 aliphatic carbocycles. The standard InChI is InChI=1S/C22H38O5/c1-4-5-8-16(3)19(23)12-11-18-17(20(24)14-21(18)25)9-6-7-15(2)10-13-22(26)27/h6-7,11-12,15-21,23-25H,4-5,8-10,13-14H2,1-3H3,(H,26,27)/b7-6-,12-11+/t15-,16-,17-,18-,19-,20+,21-/m1/s1. The summed E-state index contributed by atoms with van der Waals surface area (Å²) >= 11 is 0. The van der Waals surface area contributed by atoms with E-state index in [0.29, 0.717) is 19.3 Å². The molecule has 1 aliphatic rings. The first kappa shape index (κ1) is 23.9. The molecule has 27 heavy (non-hydrogen) atoms. The fraction of sp³-hybridized carbons (Fsp3) is 0.773. The molecule has 0 unspecified atom stereocenters. The molecular weight excluding hydrogens is 344 g/mol. The molecule has 0 spiro atoms. The van der Waals surface area contributed by atoms with Crippen LogP contribution in [-0.4, -0.2) is 44.7 Å². The van der Waals surface area contributed by atoms with E-state index in [9.17, 15) is 20.1 Å². The van der Waals surface area contributed by atoms with Gasteiger partial charge in [-0.1, -0.05) is 57.9 Å². The number of unbranched alkanes of at least 4 members (excludes halogenated alkanes) is 1. The zero-order valence-corrected chi connectivity index (χ0v) is 17.0. The van der Waals surface area contributed by atoms with Crippen molar-refractivity contribution in [1.82, 2.24) is 0 Å². The second kappa shape index (κ2) is 12.3. The van der Waals surface area contributed by atoms with Crippen LogP contribution >= 0.6 is 0 Å². The molecule has 0 heterocycles. The topological polar surface area (TPSA) is 98.0 Å². The molecule has 156 valence electrons. The van der Waals surface area contributed by atoms with Crippen molar-refractivity contribution in [2.24, 2.45) is 23.7 Å². The molecule has 0 aromatic heterocycles. The number of aliphatic hydroxyl groups excluding tert-OH is 3. The van der Waals surface area contributed by atoms with Gasteiger partial charge in [-0.3, -0.25) is 4.79 Å². The highest BCUT2D eigenvalue weighted by molar-refractivity contribution is 5.66. The highest BCUT2D eigenvalue weighted by Crippen LogP contribution is 2.36. The Morgan fingerprint density at radius 2 is 1.85 bits per heavy atom. The van der Waals surface area contributed by atoms with Crippen LogP contribution in [0.15, 0.2) is 24.3 Å². The minimum Gasteiger partial charge on any atom is -0.481 e. The number of aliphatic hydroxyl groups is 3. The Morgan fingerprint density at radius 1 is 1.15 bits per heavy atom. The predicted octanol–water partition coefficient (Wildman–Crippen LogP) is 3.53. The van der Waals surface area contributed by atoms with Crippen LogP contribution in [0.4, 0.5) is 0 Å². The molecule has 0 aromatic carbocycles. The second-order valence-electron chi connectivity index (χ2n) is 8.18. The molecule has 5 nitrogen and oxygen atoms in total. The Balaban J connectivity index is 2.61. The minimum absolute atomic E-state index is 0.0858. The Kier molecular flexibility index (Phi) is 10.9. The van der Waals surface area contributed by atoms with Gasteiger partial charge in [-0.25, -0.2) is 0 Å². The van der Waals surface area contributed by atoms with E-state index in [0.717, 1.165) is 19.3 Å². The van der Waals surface area contributed by atoms with Crippen LogP contribution in [-0.2, 0) is 4.79 Å². The third-order valence-corrected chi connectivity index (χ3v) is 5.73. The summed E-state index contributed by atoms with van der Waals surface area (Å²) in [7, 11) is 0. The van der Waals surface area contributed by atoms with Gasteiger partial charge in [0.05, 0.1) is 18.3 Å². The summed E-state index contributed by atoms with van der Waals surface area (Å²) in [6.07, 6.45) is 10.8. The van der Waals surface area contributed by atoms with Crippen LogP contribution < -0.4 is 0 Å². The van der Waals surface area contributed by atoms with E-state index in [-0.39, 0.29) is 30.1 Å². The monoisotopic (exact) mass is 382 g/mol. The maximum absolute atomic E-state index is 10.6. The molecule has 0 aliphatic heterocycles. The van der Waals surface area contributed by atoms with Crippen LogP contribution in [0.25, 0.3) is 0 Å². The van der Waals surface area contributed by atoms with E-state index in [2.05, 4.69) is 6.92 Å². The molecule has 1 rings (SSSR count). The van der Waals surface area contributed by atoms with E-state index in [1.165, 1.54) is 0 Å². The Hall–Kier alpha value is -1.17. The molecule has 7 atom stereocenters. The molecule has 4 N–H and O–H groups in total. The van der Waals surface area contributed by atoms with Crippen molar-refractivity contribution >= 4 is 5.97 Å². The summed E-state index contributed by atoms with van der Waals surface area (Å²) < 4.78 is 0. The van der Waals surface area contributed by atoms with E-state index < -0.39 is 24.3 Å². The number of allylic oxidation sites excluding steroid dienone is 2. The minimum atomic E-state index is -0.790. The molecule has 0 saturated heterocycles. The summed E-state index contributed by atoms with van der Waals surface area (Å²) in [5.41, 5.74) is 0. The van der Waals surface area contributed by atoms with Crippen molar-refractivity contribution in [3.8, 4) is 0 Å². The zero-order valence-electron chi connectivity index (χ0n) is 17.0. The highest BCUT2D eigenvalue weighted by Gasteiger charge is 2.39. The molecule has 1 fully saturated rings. The molecule has 0 bridgehead atoms. The Bertz CT molecular complexity index is 487. The quantitative estimate of drug-likeness (QED) is 0.387. The summed E-state index contributed by atoms with van der Waals surface area (Å²) in [5, 5.41) is 39.6. The van der Waals surface area contributed by atoms with Gasteiger partial charge in [0, 0.05) is 18.8 Å². The summed E-state index contributed by atoms with van der Waals surface area (Å²) in [4.78, 5) is 10.6. The predicted molar refractivity (Wildman–Crippen MR) is 107 cm³/mol. The molecule has 1 saturated carbocycles. The zero-order chi connectivity index (χ0) is 20.4. The second-order valence-corrected chi connectivity index (χ2v) is 8.18. The van der Waals surface area contributed by atoms with Gasteiger partial charge in [-0.15, -0.1) is 0 Å². The van der Waals surface area contributed by atoms with Crippen LogP contribution in [0.5, 0.6) is 0 Å². The average Bonchev–Trinajstić information content (AvgIpc) is 2.88. The maximum Gasteiger partial charge on any atom is 0.303 e. The number of hydrogen-bond donors (Lipinski definition) is 4. The van der Waals surface area contributed by atoms with Gasteiger partial charge in [0.15, 0.2) is 0 Å². The first-order chi connectivity index (χ1) is 12.8. The summed E-state index contributed by atoms with van der Waals surface area (Å²) in [5.74, 6) is -0.705. The molecule has 0 amide bonds. The van der Waals surface area contributed by atoms with E-state index in [1.54, 1.807) is 6.08 Å². The number of carboxylic acids is 1. The van der Waals surface area contributed by atoms with Crippen molar-refractivity contribution in [2.45, 2.75) is 84.0 Å². The normalized spacial score (nSPS) is 29.4. The summed E-state index contributed by atoms with van der Waals surface area (Å²) in [6, 6.07) is 0. The van der Waals surface area contributed by atoms with Gasteiger partial charge in [0.2, 0.25) is 0 Å². The number of carboxylic acid groups (broad SMARTS) is 1. The van der Waals surface area contributed by atoms with Gasteiger partial charge in [0.1, 0.15) is 0 Å². The van der Waals surface area contributed by atoms with Gasteiger partial charge >= 0.3 is 5.97 Å². The lowest BCUT2D eigenvalue weighted by Gasteiger charge is -2.21. The van der Waals surface area contributed by atoms with Gasteiger partial charge in [0.25, 0.3) is 0 Å². The largest absolute Gasteiger partial charge is 0.481 e. The van der Waals surface area contributed by atoms with E-state index in [1.807, 2.05) is 32.1 Å². The number of rotatable bonds is 12. The first-order valence-electron chi connectivity index (χ1n) is 10.4. The van der Waals surface area contributed by atoms with E-state index in [4.69, 9.17) is 5.11 Å². The van der Waals surface area contributed by atoms with Crippen molar-refractivity contribution in [3.63, 3.8) is 0 Å². The molecular formula is C22H38O5. The van der Waals surface area contributed by atoms with Crippen molar-refractivity contribution in [2.75, 3.05) is 0 Å². The van der Waals surface area contributed by atoms with Crippen LogP contribution in [0.1, 0.15) is 65.7 Å². The number of aliphatic carboxylic acids is 1. The maximum atomic E-state index is 10.6. The SMILES string of the molecule is CCCC[C@@H](C)[C@H](O)/C=C/[C@@H]1[C@@H](C/C=C\[C@@H](C)CCC(=O)O)[C@@H](O)C[C@H]1O. The van der Waals surface area contributed by atoms with Gasteiger partial charge in [-0.05, 0) is 37.0 Å². The molecule has 5 heteroatoms. The van der Waals surface area contributed by atoms with E-state index >= 15 is 0 Å². The third kappa shape index (κ3) is 8.58. The van der Waals surface area contributed by atoms with Crippen LogP contribution in [0, 0.1) is 23.7 Å². The van der Waals surface area contributed by atoms with Crippen molar-refractivity contribution in [3.05, 3.63) is 24.3 Å². The lowest BCUT2D eigenvalue weighted by Crippen LogP contribution is -2.21. The third-order valence-electron chi connectivity index (χ3n) is 5.73. The smallest absolute Gasteiger partial charge is 0.303 e. The molecule has 0 aromatic rings. The van der Waals surface area contributed by atoms with Gasteiger partial charge in [-0.2, -0.15) is 0 Å². The van der Waals surface area contributed by atoms with Gasteiger partial charge < -0.3 is 20.4 Å². The fourth-order valence-electron chi connectivity index (χ4n) is 3.75. The Labute approximate surface area is 163 Å². The Morgan fingerprint density at radius 3 is 2.48 bits per heavy atom.